The summed E-state index contributed by atoms with van der Waals surface area (Å²) in [5.41, 5.74) is -6.46. The maximum absolute atomic E-state index is 12.5. The number of hydrogen-bond acceptors (Lipinski definition) is 5. The molecule has 3 rings (SSSR count). The molecule has 1 heterocycles. The molecule has 0 N–H and O–H groups in total. The van der Waals surface area contributed by atoms with Crippen LogP contribution in [0.5, 0.6) is 5.75 Å². The van der Waals surface area contributed by atoms with Crippen molar-refractivity contribution in [3.05, 3.63) is 50.6 Å². The third-order valence-electron chi connectivity index (χ3n) is 3.20. The molecular formula is C14H5Cl2F3O5S. The quantitative estimate of drug-likeness (QED) is 0.352. The summed E-state index contributed by atoms with van der Waals surface area (Å²) in [4.78, 5) is 12.4. The fourth-order valence-electron chi connectivity index (χ4n) is 2.08. The van der Waals surface area contributed by atoms with Gasteiger partial charge >= 0.3 is 15.6 Å². The first kappa shape index (κ1) is 17.8. The maximum Gasteiger partial charge on any atom is 0.534 e. The topological polar surface area (TPSA) is 73.6 Å². The summed E-state index contributed by atoms with van der Waals surface area (Å²) in [6.45, 7) is 0. The van der Waals surface area contributed by atoms with E-state index in [1.807, 2.05) is 0 Å². The largest absolute Gasteiger partial charge is 0.534 e. The Morgan fingerprint density at radius 2 is 1.72 bits per heavy atom. The molecule has 25 heavy (non-hydrogen) atoms. The van der Waals surface area contributed by atoms with Crippen molar-refractivity contribution in [1.29, 1.82) is 0 Å². The SMILES string of the molecule is O=c1c2ccccc2oc2c(Cl)c(OS(=O)(=O)C(F)(F)F)c(Cl)cc12. The number of para-hydroxylation sites is 1. The molecule has 11 heteroatoms. The van der Waals surface area contributed by atoms with Crippen LogP contribution < -0.4 is 9.61 Å². The van der Waals surface area contributed by atoms with Gasteiger partial charge in [-0.15, -0.1) is 0 Å². The Labute approximate surface area is 147 Å². The van der Waals surface area contributed by atoms with Gasteiger partial charge in [-0.2, -0.15) is 21.6 Å². The highest BCUT2D eigenvalue weighted by molar-refractivity contribution is 7.88. The van der Waals surface area contributed by atoms with E-state index in [9.17, 15) is 26.4 Å². The van der Waals surface area contributed by atoms with Gasteiger partial charge in [-0.05, 0) is 18.2 Å². The second-order valence-electron chi connectivity index (χ2n) is 4.79. The smallest absolute Gasteiger partial charge is 0.454 e. The van der Waals surface area contributed by atoms with Crippen molar-refractivity contribution < 1.29 is 30.2 Å². The third-order valence-corrected chi connectivity index (χ3v) is 4.77. The first-order chi connectivity index (χ1) is 11.5. The van der Waals surface area contributed by atoms with E-state index in [4.69, 9.17) is 27.6 Å². The molecule has 0 saturated carbocycles. The van der Waals surface area contributed by atoms with E-state index < -0.39 is 36.9 Å². The zero-order valence-electron chi connectivity index (χ0n) is 11.7. The van der Waals surface area contributed by atoms with Gasteiger partial charge in [0.1, 0.15) is 10.6 Å². The highest BCUT2D eigenvalue weighted by atomic mass is 35.5. The minimum absolute atomic E-state index is 0.105. The van der Waals surface area contributed by atoms with Crippen LogP contribution in [0, 0.1) is 0 Å². The van der Waals surface area contributed by atoms with Gasteiger partial charge in [0.25, 0.3) is 0 Å². The van der Waals surface area contributed by atoms with E-state index in [-0.39, 0.29) is 21.9 Å². The van der Waals surface area contributed by atoms with Gasteiger partial charge in [-0.25, -0.2) is 0 Å². The van der Waals surface area contributed by atoms with Crippen LogP contribution in [0.4, 0.5) is 13.2 Å². The fraction of sp³-hybridized carbons (Fsp3) is 0.0714. The Bertz CT molecular complexity index is 1170. The summed E-state index contributed by atoms with van der Waals surface area (Å²) in [5, 5.41) is -1.20. The average molecular weight is 413 g/mol. The summed E-state index contributed by atoms with van der Waals surface area (Å²) in [5.74, 6) is -0.980. The minimum Gasteiger partial charge on any atom is -0.454 e. The van der Waals surface area contributed by atoms with Gasteiger partial charge in [0.2, 0.25) is 5.43 Å². The van der Waals surface area contributed by atoms with Gasteiger partial charge in [0.15, 0.2) is 11.3 Å². The molecule has 0 spiro atoms. The number of alkyl halides is 3. The van der Waals surface area contributed by atoms with Crippen molar-refractivity contribution in [2.75, 3.05) is 0 Å². The van der Waals surface area contributed by atoms with E-state index in [0.29, 0.717) is 0 Å². The van der Waals surface area contributed by atoms with Crippen LogP contribution in [-0.4, -0.2) is 13.9 Å². The number of hydrogen-bond donors (Lipinski definition) is 0. The highest BCUT2D eigenvalue weighted by Gasteiger charge is 2.49. The lowest BCUT2D eigenvalue weighted by molar-refractivity contribution is -0.0499. The van der Waals surface area contributed by atoms with Crippen LogP contribution in [-0.2, 0) is 10.1 Å². The lowest BCUT2D eigenvalue weighted by Crippen LogP contribution is -2.28. The molecule has 0 atom stereocenters. The molecule has 1 aromatic heterocycles. The predicted octanol–water partition coefficient (Wildman–Crippen LogP) is 4.48. The van der Waals surface area contributed by atoms with E-state index in [1.165, 1.54) is 12.1 Å². The monoisotopic (exact) mass is 412 g/mol. The Morgan fingerprint density at radius 3 is 2.36 bits per heavy atom. The Morgan fingerprint density at radius 1 is 1.08 bits per heavy atom. The van der Waals surface area contributed by atoms with Crippen molar-refractivity contribution in [2.24, 2.45) is 0 Å². The predicted molar refractivity (Wildman–Crippen MR) is 85.6 cm³/mol. The molecule has 2 aromatic carbocycles. The first-order valence-electron chi connectivity index (χ1n) is 6.37. The van der Waals surface area contributed by atoms with Gasteiger partial charge in [0.05, 0.1) is 15.8 Å². The molecule has 0 amide bonds. The normalized spacial score (nSPS) is 12.7. The Kier molecular flexibility index (Phi) is 4.13. The van der Waals surface area contributed by atoms with Crippen LogP contribution in [0.15, 0.2) is 39.5 Å². The molecule has 132 valence electrons. The van der Waals surface area contributed by atoms with Crippen molar-refractivity contribution in [2.45, 2.75) is 5.51 Å². The van der Waals surface area contributed by atoms with Crippen LogP contribution in [0.3, 0.4) is 0 Å². The molecule has 0 unspecified atom stereocenters. The number of fused-ring (bicyclic) bond motifs is 2. The Hall–Kier alpha value is -1.97. The van der Waals surface area contributed by atoms with Crippen LogP contribution in [0.1, 0.15) is 0 Å². The zero-order valence-corrected chi connectivity index (χ0v) is 14.1. The second kappa shape index (κ2) is 5.79. The first-order valence-corrected chi connectivity index (χ1v) is 8.53. The van der Waals surface area contributed by atoms with Crippen molar-refractivity contribution in [1.82, 2.24) is 0 Å². The second-order valence-corrected chi connectivity index (χ2v) is 7.11. The lowest BCUT2D eigenvalue weighted by atomic mass is 10.1. The summed E-state index contributed by atoms with van der Waals surface area (Å²) >= 11 is 11.7. The maximum atomic E-state index is 12.5. The van der Waals surface area contributed by atoms with Gasteiger partial charge in [-0.1, -0.05) is 35.3 Å². The molecule has 0 radical (unpaired) electrons. The van der Waals surface area contributed by atoms with Gasteiger partial charge in [-0.3, -0.25) is 4.79 Å². The van der Waals surface area contributed by atoms with E-state index in [1.54, 1.807) is 12.1 Å². The van der Waals surface area contributed by atoms with Gasteiger partial charge in [0, 0.05) is 0 Å². The lowest BCUT2D eigenvalue weighted by Gasteiger charge is -2.13. The molecule has 3 aromatic rings. The summed E-state index contributed by atoms with van der Waals surface area (Å²) in [6.07, 6.45) is 0. The zero-order chi connectivity index (χ0) is 18.6. The summed E-state index contributed by atoms with van der Waals surface area (Å²) in [7, 11) is -6.01. The van der Waals surface area contributed by atoms with Crippen molar-refractivity contribution in [3.63, 3.8) is 0 Å². The molecule has 0 saturated heterocycles. The van der Waals surface area contributed by atoms with E-state index >= 15 is 0 Å². The Balaban J connectivity index is 2.33. The molecule has 5 nitrogen and oxygen atoms in total. The van der Waals surface area contributed by atoms with Crippen LogP contribution >= 0.6 is 23.2 Å². The number of halogens is 5. The van der Waals surface area contributed by atoms with Gasteiger partial charge < -0.3 is 8.60 Å². The molecule has 0 bridgehead atoms. The fourth-order valence-corrected chi connectivity index (χ4v) is 3.23. The number of benzene rings is 2. The average Bonchev–Trinajstić information content (AvgIpc) is 2.52. The molecule has 0 aliphatic carbocycles. The third kappa shape index (κ3) is 2.92. The number of rotatable bonds is 2. The molecular weight excluding hydrogens is 408 g/mol. The van der Waals surface area contributed by atoms with Crippen molar-refractivity contribution >= 4 is 55.3 Å². The summed E-state index contributed by atoms with van der Waals surface area (Å²) < 4.78 is 69.3. The van der Waals surface area contributed by atoms with Crippen LogP contribution in [0.2, 0.25) is 10.0 Å². The van der Waals surface area contributed by atoms with Crippen molar-refractivity contribution in [3.8, 4) is 5.75 Å². The molecule has 0 aliphatic rings. The minimum atomic E-state index is -6.01. The molecule has 0 aliphatic heterocycles. The molecule has 0 fully saturated rings. The van der Waals surface area contributed by atoms with Crippen LogP contribution in [0.25, 0.3) is 21.9 Å². The van der Waals surface area contributed by atoms with E-state index in [0.717, 1.165) is 6.07 Å². The standard InChI is InChI=1S/C14H5Cl2F3O5S/c15-8-5-7-11(20)6-3-1-2-4-9(6)23-12(7)10(16)13(8)24-25(21,22)14(17,18)19/h1-5H. The summed E-state index contributed by atoms with van der Waals surface area (Å²) in [6, 6.07) is 6.99. The highest BCUT2D eigenvalue weighted by Crippen LogP contribution is 2.41. The van der Waals surface area contributed by atoms with E-state index in [2.05, 4.69) is 4.18 Å².